The van der Waals surface area contributed by atoms with Gasteiger partial charge in [0.15, 0.2) is 5.82 Å². The highest BCUT2D eigenvalue weighted by Crippen LogP contribution is 2.30. The average molecular weight is 438 g/mol. The number of amides is 1. The van der Waals surface area contributed by atoms with Gasteiger partial charge in [-0.3, -0.25) is 4.79 Å². The lowest BCUT2D eigenvalue weighted by atomic mass is 9.88. The van der Waals surface area contributed by atoms with Gasteiger partial charge in [-0.05, 0) is 55.0 Å². The van der Waals surface area contributed by atoms with Crippen LogP contribution < -0.4 is 15.9 Å². The fraction of sp³-hybridized carbons (Fsp3) is 0.348. The molecular formula is C23H27N5O2S. The quantitative estimate of drug-likeness (QED) is 0.435. The lowest BCUT2D eigenvalue weighted by molar-refractivity contribution is -0.121. The molecule has 4 rings (SSSR count). The van der Waals surface area contributed by atoms with Gasteiger partial charge in [0.2, 0.25) is 11.1 Å². The molecule has 7 nitrogen and oxygen atoms in total. The fourth-order valence-corrected chi connectivity index (χ4v) is 4.64. The number of aryl methyl sites for hydroxylation is 1. The van der Waals surface area contributed by atoms with E-state index in [1.54, 1.807) is 7.11 Å². The zero-order valence-corrected chi connectivity index (χ0v) is 18.6. The molecule has 0 saturated carbocycles. The maximum absolute atomic E-state index is 12.9. The Hall–Kier alpha value is -3.00. The third-order valence-electron chi connectivity index (χ3n) is 5.59. The van der Waals surface area contributed by atoms with Crippen LogP contribution in [0.15, 0.2) is 53.7 Å². The molecule has 2 atom stereocenters. The third kappa shape index (κ3) is 4.85. The highest BCUT2D eigenvalue weighted by Gasteiger charge is 2.25. The Morgan fingerprint density at radius 1 is 1.26 bits per heavy atom. The molecule has 0 radical (unpaired) electrons. The van der Waals surface area contributed by atoms with Gasteiger partial charge in [-0.1, -0.05) is 48.2 Å². The van der Waals surface area contributed by atoms with Crippen LogP contribution in [0, 0.1) is 0 Å². The van der Waals surface area contributed by atoms with E-state index in [2.05, 4.69) is 33.7 Å². The van der Waals surface area contributed by atoms with Crippen molar-refractivity contribution in [3.8, 4) is 5.75 Å². The molecule has 0 unspecified atom stereocenters. The SMILES string of the molecule is COc1ccc(Cc2nnc(S[C@H](C)C(=O)N[C@H]3CCCc4ccccc43)n2N)cc1. The number of nitrogen functional groups attached to an aromatic ring is 1. The van der Waals surface area contributed by atoms with Gasteiger partial charge in [0.1, 0.15) is 5.75 Å². The zero-order chi connectivity index (χ0) is 21.8. The molecule has 0 saturated heterocycles. The Bertz CT molecular complexity index is 1050. The molecule has 0 spiro atoms. The number of benzene rings is 2. The Morgan fingerprint density at radius 3 is 2.81 bits per heavy atom. The smallest absolute Gasteiger partial charge is 0.233 e. The fourth-order valence-electron chi connectivity index (χ4n) is 3.84. The largest absolute Gasteiger partial charge is 0.497 e. The van der Waals surface area contributed by atoms with E-state index in [1.165, 1.54) is 27.6 Å². The number of rotatable bonds is 7. The van der Waals surface area contributed by atoms with E-state index in [0.29, 0.717) is 17.4 Å². The molecule has 3 N–H and O–H groups in total. The maximum Gasteiger partial charge on any atom is 0.233 e. The molecule has 3 aromatic rings. The molecule has 1 aliphatic carbocycles. The van der Waals surface area contributed by atoms with Crippen LogP contribution in [0.3, 0.4) is 0 Å². The Labute approximate surface area is 186 Å². The van der Waals surface area contributed by atoms with Gasteiger partial charge in [-0.2, -0.15) is 0 Å². The van der Waals surface area contributed by atoms with Gasteiger partial charge < -0.3 is 15.9 Å². The number of methoxy groups -OCH3 is 1. The first kappa shape index (κ1) is 21.2. The normalized spacial score (nSPS) is 16.4. The van der Waals surface area contributed by atoms with Gasteiger partial charge in [-0.15, -0.1) is 10.2 Å². The molecule has 1 aliphatic rings. The molecule has 8 heteroatoms. The minimum atomic E-state index is -0.338. The summed E-state index contributed by atoms with van der Waals surface area (Å²) in [5.41, 5.74) is 3.60. The number of thioether (sulfide) groups is 1. The summed E-state index contributed by atoms with van der Waals surface area (Å²) < 4.78 is 6.65. The highest BCUT2D eigenvalue weighted by molar-refractivity contribution is 8.00. The molecule has 0 fully saturated rings. The van der Waals surface area contributed by atoms with Crippen molar-refractivity contribution in [2.24, 2.45) is 0 Å². The van der Waals surface area contributed by atoms with Crippen LogP contribution in [-0.4, -0.2) is 33.1 Å². The van der Waals surface area contributed by atoms with Gasteiger partial charge in [-0.25, -0.2) is 4.68 Å². The third-order valence-corrected chi connectivity index (χ3v) is 6.65. The minimum absolute atomic E-state index is 0.0218. The summed E-state index contributed by atoms with van der Waals surface area (Å²) >= 11 is 1.32. The Balaban J connectivity index is 1.38. The molecule has 0 aliphatic heterocycles. The molecule has 1 amide bonds. The number of fused-ring (bicyclic) bond motifs is 1. The van der Waals surface area contributed by atoms with Crippen molar-refractivity contribution in [1.82, 2.24) is 20.2 Å². The molecule has 162 valence electrons. The van der Waals surface area contributed by atoms with E-state index in [9.17, 15) is 4.79 Å². The number of nitrogens with two attached hydrogens (primary N) is 1. The first-order valence-electron chi connectivity index (χ1n) is 10.4. The second-order valence-corrected chi connectivity index (χ2v) is 9.01. The van der Waals surface area contributed by atoms with Crippen LogP contribution in [0.5, 0.6) is 5.75 Å². The monoisotopic (exact) mass is 437 g/mol. The number of carbonyl (C=O) groups is 1. The lowest BCUT2D eigenvalue weighted by Gasteiger charge is -2.27. The van der Waals surface area contributed by atoms with Crippen LogP contribution in [0.1, 0.15) is 48.3 Å². The van der Waals surface area contributed by atoms with Crippen molar-refractivity contribution in [1.29, 1.82) is 0 Å². The zero-order valence-electron chi connectivity index (χ0n) is 17.7. The standard InChI is InChI=1S/C23H27N5O2S/c1-15(22(29)25-20-9-5-7-17-6-3-4-8-19(17)20)31-23-27-26-21(28(23)24)14-16-10-12-18(30-2)13-11-16/h3-4,6,8,10-13,15,20H,5,7,9,14,24H2,1-2H3,(H,25,29)/t15-,20+/m1/s1. The predicted molar refractivity (Wildman–Crippen MR) is 122 cm³/mol. The van der Waals surface area contributed by atoms with Crippen LogP contribution in [-0.2, 0) is 17.6 Å². The summed E-state index contributed by atoms with van der Waals surface area (Å²) in [6.07, 6.45) is 3.65. The van der Waals surface area contributed by atoms with Crippen molar-refractivity contribution in [3.05, 3.63) is 71.0 Å². The minimum Gasteiger partial charge on any atom is -0.497 e. The van der Waals surface area contributed by atoms with Crippen molar-refractivity contribution in [2.45, 2.75) is 49.1 Å². The van der Waals surface area contributed by atoms with Crippen LogP contribution >= 0.6 is 11.8 Å². The first-order chi connectivity index (χ1) is 15.0. The number of hydrogen-bond donors (Lipinski definition) is 2. The molecule has 0 bridgehead atoms. The summed E-state index contributed by atoms with van der Waals surface area (Å²) in [7, 11) is 1.64. The summed E-state index contributed by atoms with van der Waals surface area (Å²) in [6, 6.07) is 16.1. The second kappa shape index (κ2) is 9.43. The highest BCUT2D eigenvalue weighted by atomic mass is 32.2. The van der Waals surface area contributed by atoms with E-state index < -0.39 is 0 Å². The van der Waals surface area contributed by atoms with Gasteiger partial charge in [0, 0.05) is 6.42 Å². The van der Waals surface area contributed by atoms with Gasteiger partial charge in [0.05, 0.1) is 18.4 Å². The van der Waals surface area contributed by atoms with E-state index >= 15 is 0 Å². The van der Waals surface area contributed by atoms with Crippen molar-refractivity contribution < 1.29 is 9.53 Å². The van der Waals surface area contributed by atoms with E-state index in [1.807, 2.05) is 37.3 Å². The number of nitrogens with zero attached hydrogens (tertiary/aromatic N) is 3. The van der Waals surface area contributed by atoms with Crippen LogP contribution in [0.2, 0.25) is 0 Å². The molecule has 31 heavy (non-hydrogen) atoms. The van der Waals surface area contributed by atoms with E-state index in [0.717, 1.165) is 30.6 Å². The number of nitrogens with one attached hydrogen (secondary N) is 1. The average Bonchev–Trinajstić information content (AvgIpc) is 3.13. The van der Waals surface area contributed by atoms with Crippen molar-refractivity contribution in [3.63, 3.8) is 0 Å². The van der Waals surface area contributed by atoms with Crippen molar-refractivity contribution >= 4 is 17.7 Å². The summed E-state index contributed by atoms with van der Waals surface area (Å²) in [5.74, 6) is 7.64. The number of carbonyl (C=O) groups excluding carboxylic acids is 1. The summed E-state index contributed by atoms with van der Waals surface area (Å²) in [4.78, 5) is 12.9. The van der Waals surface area contributed by atoms with E-state index in [4.69, 9.17) is 10.6 Å². The Kier molecular flexibility index (Phi) is 6.46. The molecule has 2 aromatic carbocycles. The summed E-state index contributed by atoms with van der Waals surface area (Å²) in [6.45, 7) is 1.87. The van der Waals surface area contributed by atoms with Crippen LogP contribution in [0.25, 0.3) is 0 Å². The maximum atomic E-state index is 12.9. The number of ether oxygens (including phenoxy) is 1. The van der Waals surface area contributed by atoms with Gasteiger partial charge in [0.25, 0.3) is 0 Å². The molecule has 1 aromatic heterocycles. The molecule has 1 heterocycles. The van der Waals surface area contributed by atoms with Crippen molar-refractivity contribution in [2.75, 3.05) is 13.0 Å². The van der Waals surface area contributed by atoms with E-state index in [-0.39, 0.29) is 17.2 Å². The summed E-state index contributed by atoms with van der Waals surface area (Å²) in [5, 5.41) is 11.8. The predicted octanol–water partition coefficient (Wildman–Crippen LogP) is 3.27. The number of hydrogen-bond acceptors (Lipinski definition) is 6. The second-order valence-electron chi connectivity index (χ2n) is 7.71. The Morgan fingerprint density at radius 2 is 2.03 bits per heavy atom. The van der Waals surface area contributed by atoms with Crippen LogP contribution in [0.4, 0.5) is 0 Å². The topological polar surface area (TPSA) is 95.1 Å². The first-order valence-corrected chi connectivity index (χ1v) is 11.3. The lowest BCUT2D eigenvalue weighted by Crippen LogP contribution is -2.36. The molecular weight excluding hydrogens is 410 g/mol. The number of aromatic nitrogens is 3. The van der Waals surface area contributed by atoms with Gasteiger partial charge >= 0.3 is 0 Å².